The maximum atomic E-state index is 8.14. The van der Waals surface area contributed by atoms with E-state index in [0.717, 1.165) is 12.8 Å². The number of hydrogen-bond donors (Lipinski definition) is 0. The Hall–Kier alpha value is 0.423. The Morgan fingerprint density at radius 3 is 1.33 bits per heavy atom. The zero-order chi connectivity index (χ0) is 5.41. The first-order chi connectivity index (χ1) is 2.91. The molecule has 0 fully saturated rings. The van der Waals surface area contributed by atoms with Crippen LogP contribution in [0.15, 0.2) is 0 Å². The van der Waals surface area contributed by atoms with E-state index in [1.54, 1.807) is 0 Å². The Kier molecular flexibility index (Phi) is 29.1. The van der Waals surface area contributed by atoms with Crippen molar-refractivity contribution in [2.45, 2.75) is 12.8 Å². The first-order valence-electron chi connectivity index (χ1n) is 1.64. The Morgan fingerprint density at radius 2 is 1.33 bits per heavy atom. The molecule has 6 heavy (non-hydrogen) atoms. The van der Waals surface area contributed by atoms with E-state index >= 15 is 0 Å². The number of rotatable bonds is 1. The van der Waals surface area contributed by atoms with Crippen molar-refractivity contribution in [2.24, 2.45) is 0 Å². The molecule has 41 valence electrons. The molecule has 0 N–H and O–H groups in total. The van der Waals surface area contributed by atoms with Crippen LogP contribution in [0.2, 0.25) is 0 Å². The SMILES string of the molecule is [CH2-]CC[CH2-].[O]=[Rh]. The van der Waals surface area contributed by atoms with Gasteiger partial charge in [-0.15, -0.1) is 0 Å². The van der Waals surface area contributed by atoms with Crippen molar-refractivity contribution in [1.29, 1.82) is 0 Å². The van der Waals surface area contributed by atoms with Gasteiger partial charge < -0.3 is 13.8 Å². The number of hydrogen-bond acceptors (Lipinski definition) is 1. The third-order valence-corrected chi connectivity index (χ3v) is 0.250. The van der Waals surface area contributed by atoms with Gasteiger partial charge in [-0.3, -0.25) is 0 Å². The molecule has 0 aliphatic heterocycles. The van der Waals surface area contributed by atoms with Crippen LogP contribution < -0.4 is 0 Å². The summed E-state index contributed by atoms with van der Waals surface area (Å²) in [5, 5.41) is 0. The van der Waals surface area contributed by atoms with Crippen molar-refractivity contribution < 1.29 is 21.8 Å². The summed E-state index contributed by atoms with van der Waals surface area (Å²) in [6, 6.07) is 0. The summed E-state index contributed by atoms with van der Waals surface area (Å²) in [6.45, 7) is 7.08. The van der Waals surface area contributed by atoms with Gasteiger partial charge in [0.05, 0.1) is 0 Å². The maximum absolute atomic E-state index is 8.14. The van der Waals surface area contributed by atoms with Crippen LogP contribution in [0.3, 0.4) is 0 Å². The van der Waals surface area contributed by atoms with Gasteiger partial charge in [-0.2, -0.15) is 0 Å². The van der Waals surface area contributed by atoms with Crippen molar-refractivity contribution >= 4 is 0 Å². The topological polar surface area (TPSA) is 17.1 Å². The second-order valence-electron chi connectivity index (χ2n) is 0.707. The average molecular weight is 175 g/mol. The van der Waals surface area contributed by atoms with Crippen LogP contribution in [-0.4, -0.2) is 0 Å². The van der Waals surface area contributed by atoms with E-state index in [1.165, 1.54) is 18.3 Å². The third kappa shape index (κ3) is 25.6. The van der Waals surface area contributed by atoms with E-state index in [1.807, 2.05) is 0 Å². The molecule has 0 saturated carbocycles. The molecule has 2 heteroatoms. The molecule has 0 aromatic rings. The Morgan fingerprint density at radius 1 is 1.17 bits per heavy atom. The van der Waals surface area contributed by atoms with Crippen LogP contribution in [0.1, 0.15) is 12.8 Å². The molecule has 0 bridgehead atoms. The van der Waals surface area contributed by atoms with E-state index in [-0.39, 0.29) is 0 Å². The summed E-state index contributed by atoms with van der Waals surface area (Å²) in [7, 11) is 0. The van der Waals surface area contributed by atoms with Gasteiger partial charge >= 0.3 is 21.8 Å². The van der Waals surface area contributed by atoms with Crippen LogP contribution in [0.4, 0.5) is 0 Å². The van der Waals surface area contributed by atoms with E-state index < -0.39 is 0 Å². The normalized spacial score (nSPS) is 5.83. The van der Waals surface area contributed by atoms with Crippen molar-refractivity contribution in [2.75, 3.05) is 0 Å². The molecule has 0 saturated heterocycles. The predicted octanol–water partition coefficient (Wildman–Crippen LogP) is 1.31. The zero-order valence-corrected chi connectivity index (χ0v) is 5.21. The van der Waals surface area contributed by atoms with Gasteiger partial charge in [-0.25, -0.2) is 12.8 Å². The summed E-state index contributed by atoms with van der Waals surface area (Å²) >= 11 is 1.30. The van der Waals surface area contributed by atoms with Crippen LogP contribution in [0.25, 0.3) is 0 Å². The molecule has 0 rings (SSSR count). The van der Waals surface area contributed by atoms with E-state index in [4.69, 9.17) is 3.57 Å². The van der Waals surface area contributed by atoms with Crippen LogP contribution in [-0.2, 0) is 21.8 Å². The summed E-state index contributed by atoms with van der Waals surface area (Å²) in [6.07, 6.45) is 1.92. The molecule has 0 aromatic heterocycles. The quantitative estimate of drug-likeness (QED) is 0.433. The first-order valence-corrected chi connectivity index (χ1v) is 2.31. The molecular formula is C4H8ORh-2. The summed E-state index contributed by atoms with van der Waals surface area (Å²) in [4.78, 5) is 0. The number of unbranched alkanes of at least 4 members (excludes halogenated alkanes) is 1. The van der Waals surface area contributed by atoms with Gasteiger partial charge in [-0.1, -0.05) is 0 Å². The van der Waals surface area contributed by atoms with Crippen molar-refractivity contribution in [3.8, 4) is 0 Å². The summed E-state index contributed by atoms with van der Waals surface area (Å²) in [5.74, 6) is 0. The monoisotopic (exact) mass is 175 g/mol. The van der Waals surface area contributed by atoms with Crippen molar-refractivity contribution in [1.82, 2.24) is 0 Å². The van der Waals surface area contributed by atoms with Gasteiger partial charge in [0.25, 0.3) is 0 Å². The molecule has 0 unspecified atom stereocenters. The molecule has 0 aliphatic carbocycles. The summed E-state index contributed by atoms with van der Waals surface area (Å²) < 4.78 is 8.14. The second-order valence-corrected chi connectivity index (χ2v) is 0.707. The van der Waals surface area contributed by atoms with Crippen LogP contribution >= 0.6 is 0 Å². The standard InChI is InChI=1S/C4H8.O.Rh/c1-3-4-2;;/h1-4H2;;/q-2;;. The molecule has 0 spiro atoms. The van der Waals surface area contributed by atoms with E-state index in [0.29, 0.717) is 0 Å². The van der Waals surface area contributed by atoms with E-state index in [2.05, 4.69) is 13.8 Å². The van der Waals surface area contributed by atoms with Crippen molar-refractivity contribution in [3.05, 3.63) is 13.8 Å². The molecule has 0 amide bonds. The van der Waals surface area contributed by atoms with Gasteiger partial charge in [0.1, 0.15) is 0 Å². The molecule has 0 atom stereocenters. The molecular weight excluding hydrogens is 167 g/mol. The van der Waals surface area contributed by atoms with Gasteiger partial charge in [0, 0.05) is 0 Å². The zero-order valence-electron chi connectivity index (χ0n) is 3.57. The summed E-state index contributed by atoms with van der Waals surface area (Å²) in [5.41, 5.74) is 0. The van der Waals surface area contributed by atoms with E-state index in [9.17, 15) is 0 Å². The second kappa shape index (κ2) is 18.1. The van der Waals surface area contributed by atoms with Gasteiger partial charge in [-0.05, 0) is 0 Å². The fourth-order valence-corrected chi connectivity index (χ4v) is 0. The first kappa shape index (κ1) is 9.66. The van der Waals surface area contributed by atoms with Gasteiger partial charge in [0.2, 0.25) is 0 Å². The fourth-order valence-electron chi connectivity index (χ4n) is 0. The average Bonchev–Trinajstić information content (AvgIpc) is 1.72. The third-order valence-electron chi connectivity index (χ3n) is 0.250. The van der Waals surface area contributed by atoms with Crippen LogP contribution in [0, 0.1) is 13.8 Å². The Bertz CT molecular complexity index is 15.0. The van der Waals surface area contributed by atoms with Crippen LogP contribution in [0.5, 0.6) is 0 Å². The van der Waals surface area contributed by atoms with Gasteiger partial charge in [0.15, 0.2) is 0 Å². The Balaban J connectivity index is 0. The molecule has 0 aliphatic rings. The molecule has 1 nitrogen and oxygen atoms in total. The molecule has 0 radical (unpaired) electrons. The molecule has 0 heterocycles. The Labute approximate surface area is 49.1 Å². The molecule has 0 aromatic carbocycles. The minimum absolute atomic E-state index is 0.958. The minimum atomic E-state index is 0.958. The van der Waals surface area contributed by atoms with Crippen molar-refractivity contribution in [3.63, 3.8) is 0 Å². The predicted molar refractivity (Wildman–Crippen MR) is 20.6 cm³/mol. The fraction of sp³-hybridized carbons (Fsp3) is 0.500.